The lowest BCUT2D eigenvalue weighted by Crippen LogP contribution is -2.39. The van der Waals surface area contributed by atoms with Gasteiger partial charge in [-0.2, -0.15) is 4.98 Å². The summed E-state index contributed by atoms with van der Waals surface area (Å²) in [5, 5.41) is 3.98. The molecular weight excluding hydrogens is 257 g/mol. The van der Waals surface area contributed by atoms with E-state index in [9.17, 15) is 4.39 Å². The lowest BCUT2D eigenvalue weighted by atomic mass is 9.82. The van der Waals surface area contributed by atoms with Gasteiger partial charge >= 0.3 is 0 Å². The maximum Gasteiger partial charge on any atom is 0.260 e. The number of hydrogen-bond donors (Lipinski definition) is 1. The second-order valence-corrected chi connectivity index (χ2v) is 5.62. The van der Waals surface area contributed by atoms with E-state index in [1.54, 1.807) is 12.1 Å². The fourth-order valence-corrected chi connectivity index (χ4v) is 2.74. The van der Waals surface area contributed by atoms with Crippen LogP contribution in [0.5, 0.6) is 0 Å². The lowest BCUT2D eigenvalue weighted by Gasteiger charge is -2.29. The number of rotatable bonds is 2. The highest BCUT2D eigenvalue weighted by Gasteiger charge is 2.34. The monoisotopic (exact) mass is 275 g/mol. The van der Waals surface area contributed by atoms with Crippen molar-refractivity contribution in [1.29, 1.82) is 0 Å². The van der Waals surface area contributed by atoms with Crippen molar-refractivity contribution >= 4 is 0 Å². The van der Waals surface area contributed by atoms with Gasteiger partial charge in [0.05, 0.1) is 11.1 Å². The summed E-state index contributed by atoms with van der Waals surface area (Å²) in [6.07, 6.45) is 5.03. The van der Waals surface area contributed by atoms with Gasteiger partial charge in [-0.25, -0.2) is 4.39 Å². The summed E-state index contributed by atoms with van der Waals surface area (Å²) in [6, 6.07) is 4.83. The number of nitrogens with two attached hydrogens (primary N) is 1. The Bertz CT molecular complexity index is 617. The molecule has 106 valence electrons. The van der Waals surface area contributed by atoms with Gasteiger partial charge in [0.2, 0.25) is 0 Å². The van der Waals surface area contributed by atoms with Crippen molar-refractivity contribution in [3.63, 3.8) is 0 Å². The Hall–Kier alpha value is -1.75. The maximum atomic E-state index is 13.8. The summed E-state index contributed by atoms with van der Waals surface area (Å²) in [4.78, 5) is 4.34. The van der Waals surface area contributed by atoms with Gasteiger partial charge in [0, 0.05) is 0 Å². The Morgan fingerprint density at radius 1 is 1.25 bits per heavy atom. The zero-order valence-corrected chi connectivity index (χ0v) is 11.5. The largest absolute Gasteiger partial charge is 0.334 e. The van der Waals surface area contributed by atoms with E-state index >= 15 is 0 Å². The number of halogens is 1. The van der Waals surface area contributed by atoms with Crippen LogP contribution in [-0.2, 0) is 5.54 Å². The molecule has 0 aliphatic heterocycles. The molecular formula is C15H18FN3O. The van der Waals surface area contributed by atoms with Crippen LogP contribution in [0, 0.1) is 12.7 Å². The third-order valence-electron chi connectivity index (χ3n) is 3.97. The van der Waals surface area contributed by atoms with Crippen LogP contribution in [0.3, 0.4) is 0 Å². The minimum absolute atomic E-state index is 0.205. The average Bonchev–Trinajstić information content (AvgIpc) is 2.93. The molecule has 20 heavy (non-hydrogen) atoms. The number of benzene rings is 1. The Kier molecular flexibility index (Phi) is 3.30. The summed E-state index contributed by atoms with van der Waals surface area (Å²) >= 11 is 0. The lowest BCUT2D eigenvalue weighted by molar-refractivity contribution is 0.275. The SMILES string of the molecule is Cc1ccc(F)c(-c2nc(C3(N)CCCCC3)no2)c1. The van der Waals surface area contributed by atoms with E-state index in [0.29, 0.717) is 11.4 Å². The molecule has 0 radical (unpaired) electrons. The van der Waals surface area contributed by atoms with Gasteiger partial charge in [0.15, 0.2) is 5.82 Å². The van der Waals surface area contributed by atoms with Gasteiger partial charge < -0.3 is 10.3 Å². The Morgan fingerprint density at radius 3 is 2.75 bits per heavy atom. The molecule has 1 aromatic carbocycles. The first-order chi connectivity index (χ1) is 9.58. The zero-order chi connectivity index (χ0) is 14.2. The molecule has 0 unspecified atom stereocenters. The smallest absolute Gasteiger partial charge is 0.260 e. The van der Waals surface area contributed by atoms with Gasteiger partial charge in [-0.05, 0) is 31.9 Å². The normalized spacial score (nSPS) is 18.1. The molecule has 5 heteroatoms. The number of hydrogen-bond acceptors (Lipinski definition) is 4. The Labute approximate surface area is 117 Å². The highest BCUT2D eigenvalue weighted by Crippen LogP contribution is 2.34. The minimum Gasteiger partial charge on any atom is -0.334 e. The average molecular weight is 275 g/mol. The second-order valence-electron chi connectivity index (χ2n) is 5.62. The molecule has 0 spiro atoms. The summed E-state index contributed by atoms with van der Waals surface area (Å²) in [5.41, 5.74) is 7.12. The molecule has 3 rings (SSSR count). The molecule has 0 bridgehead atoms. The fraction of sp³-hybridized carbons (Fsp3) is 0.467. The predicted octanol–water partition coefficient (Wildman–Crippen LogP) is 3.30. The number of aryl methyl sites for hydroxylation is 1. The third-order valence-corrected chi connectivity index (χ3v) is 3.97. The summed E-state index contributed by atoms with van der Waals surface area (Å²) < 4.78 is 19.1. The molecule has 1 aliphatic carbocycles. The molecule has 2 N–H and O–H groups in total. The van der Waals surface area contributed by atoms with Crippen molar-refractivity contribution in [3.8, 4) is 11.5 Å². The van der Waals surface area contributed by atoms with E-state index in [4.69, 9.17) is 10.3 Å². The zero-order valence-electron chi connectivity index (χ0n) is 11.5. The quantitative estimate of drug-likeness (QED) is 0.913. The van der Waals surface area contributed by atoms with Crippen LogP contribution in [0.1, 0.15) is 43.5 Å². The molecule has 0 saturated heterocycles. The molecule has 1 fully saturated rings. The van der Waals surface area contributed by atoms with E-state index in [1.165, 1.54) is 12.5 Å². The molecule has 2 aromatic rings. The van der Waals surface area contributed by atoms with Crippen molar-refractivity contribution in [1.82, 2.24) is 10.1 Å². The van der Waals surface area contributed by atoms with Gasteiger partial charge in [0.1, 0.15) is 5.82 Å². The van der Waals surface area contributed by atoms with Gasteiger partial charge in [-0.15, -0.1) is 0 Å². The van der Waals surface area contributed by atoms with Crippen LogP contribution in [-0.4, -0.2) is 10.1 Å². The van der Waals surface area contributed by atoms with Gasteiger partial charge in [-0.3, -0.25) is 0 Å². The number of aromatic nitrogens is 2. The molecule has 0 atom stereocenters. The van der Waals surface area contributed by atoms with E-state index in [2.05, 4.69) is 10.1 Å². The summed E-state index contributed by atoms with van der Waals surface area (Å²) in [7, 11) is 0. The number of nitrogens with zero attached hydrogens (tertiary/aromatic N) is 2. The molecule has 1 heterocycles. The first-order valence-corrected chi connectivity index (χ1v) is 6.98. The highest BCUT2D eigenvalue weighted by molar-refractivity contribution is 5.55. The van der Waals surface area contributed by atoms with Crippen molar-refractivity contribution in [2.75, 3.05) is 0 Å². The van der Waals surface area contributed by atoms with Gasteiger partial charge in [0.25, 0.3) is 5.89 Å². The third kappa shape index (κ3) is 2.33. The Morgan fingerprint density at radius 2 is 2.00 bits per heavy atom. The summed E-state index contributed by atoms with van der Waals surface area (Å²) in [5.74, 6) is 0.338. The van der Waals surface area contributed by atoms with Crippen LogP contribution in [0.15, 0.2) is 22.7 Å². The van der Waals surface area contributed by atoms with Crippen molar-refractivity contribution in [3.05, 3.63) is 35.4 Å². The van der Waals surface area contributed by atoms with Crippen LogP contribution < -0.4 is 5.73 Å². The first-order valence-electron chi connectivity index (χ1n) is 6.98. The second kappa shape index (κ2) is 4.98. The van der Waals surface area contributed by atoms with E-state index in [0.717, 1.165) is 31.2 Å². The van der Waals surface area contributed by atoms with Gasteiger partial charge in [-0.1, -0.05) is 36.0 Å². The highest BCUT2D eigenvalue weighted by atomic mass is 19.1. The molecule has 4 nitrogen and oxygen atoms in total. The summed E-state index contributed by atoms with van der Waals surface area (Å²) in [6.45, 7) is 1.89. The van der Waals surface area contributed by atoms with E-state index < -0.39 is 5.54 Å². The standard InChI is InChI=1S/C15H18FN3O/c1-10-5-6-12(16)11(9-10)13-18-14(19-20-13)15(17)7-3-2-4-8-15/h5-6,9H,2-4,7-8,17H2,1H3. The molecule has 1 aliphatic rings. The van der Waals surface area contributed by atoms with E-state index in [1.807, 2.05) is 6.92 Å². The van der Waals surface area contributed by atoms with Crippen LogP contribution in [0.4, 0.5) is 4.39 Å². The predicted molar refractivity (Wildman–Crippen MR) is 73.4 cm³/mol. The van der Waals surface area contributed by atoms with Crippen LogP contribution >= 0.6 is 0 Å². The van der Waals surface area contributed by atoms with Crippen LogP contribution in [0.2, 0.25) is 0 Å². The van der Waals surface area contributed by atoms with E-state index in [-0.39, 0.29) is 11.7 Å². The fourth-order valence-electron chi connectivity index (χ4n) is 2.74. The Balaban J connectivity index is 1.95. The van der Waals surface area contributed by atoms with Crippen molar-refractivity contribution in [2.24, 2.45) is 5.73 Å². The topological polar surface area (TPSA) is 64.9 Å². The van der Waals surface area contributed by atoms with Crippen molar-refractivity contribution in [2.45, 2.75) is 44.6 Å². The van der Waals surface area contributed by atoms with Crippen molar-refractivity contribution < 1.29 is 8.91 Å². The first kappa shape index (κ1) is 13.2. The minimum atomic E-state index is -0.527. The maximum absolute atomic E-state index is 13.8. The van der Waals surface area contributed by atoms with Crippen LogP contribution in [0.25, 0.3) is 11.5 Å². The molecule has 0 amide bonds. The molecule has 1 aromatic heterocycles. The molecule has 1 saturated carbocycles.